The molecule has 0 bridgehead atoms. The van der Waals surface area contributed by atoms with Crippen LogP contribution in [0.15, 0.2) is 36.4 Å². The van der Waals surface area contributed by atoms with Gasteiger partial charge in [-0.25, -0.2) is 0 Å². The van der Waals surface area contributed by atoms with Gasteiger partial charge in [0, 0.05) is 38.8 Å². The Balaban J connectivity index is 1.45. The number of carbonyl (C=O) groups is 2. The van der Waals surface area contributed by atoms with Gasteiger partial charge in [0.2, 0.25) is 11.8 Å². The number of amides is 2. The SMILES string of the molecule is CC(C)(C(=O)NC1CCCCC1)C(=O)N1CCN(C/C=C/c2ccccc2)CC1. The minimum absolute atomic E-state index is 0.0507. The van der Waals surface area contributed by atoms with Crippen molar-refractivity contribution in [3.8, 4) is 0 Å². The second kappa shape index (κ2) is 10.1. The topological polar surface area (TPSA) is 52.7 Å². The number of hydrogen-bond acceptors (Lipinski definition) is 3. The normalized spacial score (nSPS) is 19.4. The molecule has 1 aliphatic heterocycles. The third-order valence-electron chi connectivity index (χ3n) is 6.18. The Morgan fingerprint density at radius 1 is 1.03 bits per heavy atom. The molecule has 2 aliphatic rings. The van der Waals surface area contributed by atoms with Crippen molar-refractivity contribution in [1.29, 1.82) is 0 Å². The largest absolute Gasteiger partial charge is 0.352 e. The summed E-state index contributed by atoms with van der Waals surface area (Å²) in [6.45, 7) is 7.44. The fourth-order valence-corrected chi connectivity index (χ4v) is 4.14. The smallest absolute Gasteiger partial charge is 0.237 e. The fraction of sp³-hybridized carbons (Fsp3) is 0.583. The molecule has 2 fully saturated rings. The summed E-state index contributed by atoms with van der Waals surface area (Å²) >= 11 is 0. The highest BCUT2D eigenvalue weighted by Crippen LogP contribution is 2.23. The van der Waals surface area contributed by atoms with E-state index in [1.807, 2.05) is 23.1 Å². The Hall–Kier alpha value is -2.14. The monoisotopic (exact) mass is 397 g/mol. The van der Waals surface area contributed by atoms with Crippen LogP contribution in [0.3, 0.4) is 0 Å². The number of benzene rings is 1. The molecule has 1 aliphatic carbocycles. The Labute approximate surface area is 175 Å². The zero-order valence-electron chi connectivity index (χ0n) is 17.9. The molecule has 1 heterocycles. The summed E-state index contributed by atoms with van der Waals surface area (Å²) in [6, 6.07) is 10.5. The maximum atomic E-state index is 13.0. The first-order valence-corrected chi connectivity index (χ1v) is 11.0. The van der Waals surface area contributed by atoms with Crippen molar-refractivity contribution in [2.75, 3.05) is 32.7 Å². The van der Waals surface area contributed by atoms with Gasteiger partial charge in [0.1, 0.15) is 5.41 Å². The molecule has 5 heteroatoms. The van der Waals surface area contributed by atoms with E-state index < -0.39 is 5.41 Å². The van der Waals surface area contributed by atoms with Crippen LogP contribution in [-0.2, 0) is 9.59 Å². The molecule has 0 atom stereocenters. The van der Waals surface area contributed by atoms with Crippen LogP contribution in [0.25, 0.3) is 6.08 Å². The molecule has 0 radical (unpaired) electrons. The molecule has 5 nitrogen and oxygen atoms in total. The van der Waals surface area contributed by atoms with Crippen LogP contribution >= 0.6 is 0 Å². The van der Waals surface area contributed by atoms with Crippen molar-refractivity contribution in [2.24, 2.45) is 5.41 Å². The zero-order chi connectivity index (χ0) is 20.7. The maximum absolute atomic E-state index is 13.0. The van der Waals surface area contributed by atoms with Gasteiger partial charge in [0.15, 0.2) is 0 Å². The molecular formula is C24H35N3O2. The van der Waals surface area contributed by atoms with Crippen molar-refractivity contribution in [2.45, 2.75) is 52.0 Å². The fourth-order valence-electron chi connectivity index (χ4n) is 4.14. The van der Waals surface area contributed by atoms with E-state index in [2.05, 4.69) is 34.5 Å². The van der Waals surface area contributed by atoms with E-state index in [1.54, 1.807) is 13.8 Å². The van der Waals surface area contributed by atoms with Gasteiger partial charge in [-0.1, -0.05) is 61.7 Å². The van der Waals surface area contributed by atoms with Crippen LogP contribution < -0.4 is 5.32 Å². The lowest BCUT2D eigenvalue weighted by Gasteiger charge is -2.38. The molecule has 0 unspecified atom stereocenters. The third kappa shape index (κ3) is 5.92. The van der Waals surface area contributed by atoms with E-state index in [0.29, 0.717) is 13.1 Å². The van der Waals surface area contributed by atoms with Crippen LogP contribution in [0.5, 0.6) is 0 Å². The van der Waals surface area contributed by atoms with Gasteiger partial charge in [-0.05, 0) is 32.3 Å². The molecule has 2 amide bonds. The van der Waals surface area contributed by atoms with E-state index in [9.17, 15) is 9.59 Å². The molecule has 3 rings (SSSR count). The molecule has 29 heavy (non-hydrogen) atoms. The maximum Gasteiger partial charge on any atom is 0.237 e. The van der Waals surface area contributed by atoms with Crippen LogP contribution in [0.4, 0.5) is 0 Å². The van der Waals surface area contributed by atoms with Gasteiger partial charge < -0.3 is 10.2 Å². The Kier molecular flexibility index (Phi) is 7.48. The average molecular weight is 398 g/mol. The second-order valence-corrected chi connectivity index (χ2v) is 8.84. The quantitative estimate of drug-likeness (QED) is 0.749. The highest BCUT2D eigenvalue weighted by atomic mass is 16.2. The first kappa shape index (κ1) is 21.6. The lowest BCUT2D eigenvalue weighted by molar-refractivity contribution is -0.150. The van der Waals surface area contributed by atoms with E-state index in [-0.39, 0.29) is 17.9 Å². The minimum atomic E-state index is -1.01. The molecular weight excluding hydrogens is 362 g/mol. The van der Waals surface area contributed by atoms with Crippen LogP contribution in [0, 0.1) is 5.41 Å². The molecule has 1 aromatic carbocycles. The van der Waals surface area contributed by atoms with Crippen LogP contribution in [-0.4, -0.2) is 60.4 Å². The first-order chi connectivity index (χ1) is 14.0. The predicted octanol–water partition coefficient (Wildman–Crippen LogP) is 3.32. The molecule has 1 saturated heterocycles. The number of hydrogen-bond donors (Lipinski definition) is 1. The van der Waals surface area contributed by atoms with Gasteiger partial charge in [-0.3, -0.25) is 14.5 Å². The van der Waals surface area contributed by atoms with Crippen molar-refractivity contribution < 1.29 is 9.59 Å². The predicted molar refractivity (Wildman–Crippen MR) is 117 cm³/mol. The van der Waals surface area contributed by atoms with E-state index >= 15 is 0 Å². The lowest BCUT2D eigenvalue weighted by atomic mass is 9.88. The van der Waals surface area contributed by atoms with Crippen molar-refractivity contribution in [1.82, 2.24) is 15.1 Å². The summed E-state index contributed by atoms with van der Waals surface area (Å²) in [5.74, 6) is -0.173. The lowest BCUT2D eigenvalue weighted by Crippen LogP contribution is -2.56. The Morgan fingerprint density at radius 2 is 1.69 bits per heavy atom. The van der Waals surface area contributed by atoms with Gasteiger partial charge >= 0.3 is 0 Å². The number of piperazine rings is 1. The van der Waals surface area contributed by atoms with Crippen molar-refractivity contribution in [3.05, 3.63) is 42.0 Å². The van der Waals surface area contributed by atoms with E-state index in [1.165, 1.54) is 24.8 Å². The van der Waals surface area contributed by atoms with Crippen LogP contribution in [0.1, 0.15) is 51.5 Å². The summed E-state index contributed by atoms with van der Waals surface area (Å²) < 4.78 is 0. The summed E-state index contributed by atoms with van der Waals surface area (Å²) in [7, 11) is 0. The van der Waals surface area contributed by atoms with Gasteiger partial charge in [0.05, 0.1) is 0 Å². The number of nitrogens with zero attached hydrogens (tertiary/aromatic N) is 2. The zero-order valence-corrected chi connectivity index (χ0v) is 17.9. The first-order valence-electron chi connectivity index (χ1n) is 11.0. The number of rotatable bonds is 6. The molecule has 0 spiro atoms. The minimum Gasteiger partial charge on any atom is -0.352 e. The summed E-state index contributed by atoms with van der Waals surface area (Å²) in [5, 5.41) is 3.13. The highest BCUT2D eigenvalue weighted by molar-refractivity contribution is 6.04. The second-order valence-electron chi connectivity index (χ2n) is 8.84. The average Bonchev–Trinajstić information content (AvgIpc) is 2.75. The van der Waals surface area contributed by atoms with Crippen molar-refractivity contribution >= 4 is 17.9 Å². The summed E-state index contributed by atoms with van der Waals surface area (Å²) in [4.78, 5) is 30.0. The Morgan fingerprint density at radius 3 is 2.34 bits per heavy atom. The van der Waals surface area contributed by atoms with E-state index in [0.717, 1.165) is 32.5 Å². The molecule has 1 saturated carbocycles. The van der Waals surface area contributed by atoms with Crippen molar-refractivity contribution in [3.63, 3.8) is 0 Å². The summed E-state index contributed by atoms with van der Waals surface area (Å²) in [5.41, 5.74) is 0.194. The summed E-state index contributed by atoms with van der Waals surface area (Å²) in [6.07, 6.45) is 9.96. The van der Waals surface area contributed by atoms with Gasteiger partial charge in [-0.15, -0.1) is 0 Å². The molecule has 1 N–H and O–H groups in total. The third-order valence-corrected chi connectivity index (χ3v) is 6.18. The van der Waals surface area contributed by atoms with Gasteiger partial charge in [-0.2, -0.15) is 0 Å². The molecule has 158 valence electrons. The Bertz CT molecular complexity index is 700. The van der Waals surface area contributed by atoms with Crippen LogP contribution in [0.2, 0.25) is 0 Å². The van der Waals surface area contributed by atoms with E-state index in [4.69, 9.17) is 0 Å². The van der Waals surface area contributed by atoms with Gasteiger partial charge in [0.25, 0.3) is 0 Å². The number of carbonyl (C=O) groups excluding carboxylic acids is 2. The molecule has 0 aromatic heterocycles. The standard InChI is InChI=1S/C24H35N3O2/c1-24(2,22(28)25-21-13-7-4-8-14-21)23(29)27-18-16-26(17-19-27)15-9-12-20-10-5-3-6-11-20/h3,5-6,9-12,21H,4,7-8,13-19H2,1-2H3,(H,25,28)/b12-9+. The number of nitrogens with one attached hydrogen (secondary N) is 1. The molecule has 1 aromatic rings. The highest BCUT2D eigenvalue weighted by Gasteiger charge is 2.40.